The van der Waals surface area contributed by atoms with E-state index in [0.717, 1.165) is 62.5 Å². The number of hydrogen-bond acceptors (Lipinski definition) is 5. The van der Waals surface area contributed by atoms with E-state index in [2.05, 4.69) is 52.9 Å². The molecule has 3 saturated heterocycles. The van der Waals surface area contributed by atoms with Gasteiger partial charge in [0, 0.05) is 24.1 Å². The average Bonchev–Trinajstić information content (AvgIpc) is 3.42. The SMILES string of the molecule is CCN1CC2(CCN(Cc3ncc(-c4ccccc4C)o3)CC2)[C@H]2COC[C@H]21. The van der Waals surface area contributed by atoms with E-state index in [1.807, 2.05) is 6.20 Å². The number of oxazole rings is 1. The van der Waals surface area contributed by atoms with Gasteiger partial charge >= 0.3 is 0 Å². The Bertz CT molecular complexity index is 825. The van der Waals surface area contributed by atoms with Gasteiger partial charge in [-0.2, -0.15) is 0 Å². The van der Waals surface area contributed by atoms with Crippen LogP contribution in [0, 0.1) is 18.3 Å². The van der Waals surface area contributed by atoms with Crippen molar-refractivity contribution in [1.82, 2.24) is 14.8 Å². The summed E-state index contributed by atoms with van der Waals surface area (Å²) in [6.45, 7) is 11.8. The number of benzene rings is 1. The van der Waals surface area contributed by atoms with E-state index < -0.39 is 0 Å². The molecule has 5 heteroatoms. The van der Waals surface area contributed by atoms with Crippen LogP contribution >= 0.6 is 0 Å². The molecule has 3 aliphatic rings. The van der Waals surface area contributed by atoms with Crippen molar-refractivity contribution >= 4 is 0 Å². The first-order valence-corrected chi connectivity index (χ1v) is 10.7. The van der Waals surface area contributed by atoms with Gasteiger partial charge in [0.1, 0.15) is 0 Å². The van der Waals surface area contributed by atoms with E-state index in [4.69, 9.17) is 9.15 Å². The maximum atomic E-state index is 6.09. The molecule has 5 rings (SSSR count). The third kappa shape index (κ3) is 3.10. The molecule has 3 fully saturated rings. The molecule has 2 aromatic rings. The molecule has 0 amide bonds. The lowest BCUT2D eigenvalue weighted by molar-refractivity contribution is 0.0449. The fourth-order valence-electron chi connectivity index (χ4n) is 5.71. The summed E-state index contributed by atoms with van der Waals surface area (Å²) < 4.78 is 12.0. The number of fused-ring (bicyclic) bond motifs is 2. The van der Waals surface area contributed by atoms with Gasteiger partial charge in [-0.3, -0.25) is 9.80 Å². The third-order valence-electron chi connectivity index (χ3n) is 7.41. The number of nitrogens with zero attached hydrogens (tertiary/aromatic N) is 3. The van der Waals surface area contributed by atoms with Crippen molar-refractivity contribution in [1.29, 1.82) is 0 Å². The van der Waals surface area contributed by atoms with Crippen molar-refractivity contribution in [2.45, 2.75) is 39.3 Å². The predicted molar refractivity (Wildman–Crippen MR) is 109 cm³/mol. The quantitative estimate of drug-likeness (QED) is 0.810. The molecule has 1 aromatic heterocycles. The first kappa shape index (κ1) is 18.3. The fourth-order valence-corrected chi connectivity index (χ4v) is 5.71. The molecule has 1 aromatic carbocycles. The zero-order valence-corrected chi connectivity index (χ0v) is 17.1. The Kier molecular flexibility index (Phi) is 4.77. The van der Waals surface area contributed by atoms with Crippen LogP contribution in [-0.4, -0.2) is 60.2 Å². The highest BCUT2D eigenvalue weighted by Crippen LogP contribution is 2.50. The van der Waals surface area contributed by atoms with E-state index in [-0.39, 0.29) is 0 Å². The second kappa shape index (κ2) is 7.29. The normalized spacial score (nSPS) is 27.5. The van der Waals surface area contributed by atoms with E-state index >= 15 is 0 Å². The fraction of sp³-hybridized carbons (Fsp3) is 0.609. The molecule has 0 radical (unpaired) electrons. The molecule has 0 N–H and O–H groups in total. The zero-order chi connectivity index (χ0) is 19.1. The number of hydrogen-bond donors (Lipinski definition) is 0. The summed E-state index contributed by atoms with van der Waals surface area (Å²) in [5.41, 5.74) is 2.81. The summed E-state index contributed by atoms with van der Waals surface area (Å²) in [5.74, 6) is 2.43. The molecule has 0 bridgehead atoms. The molecule has 5 nitrogen and oxygen atoms in total. The molecule has 3 aliphatic heterocycles. The second-order valence-corrected chi connectivity index (χ2v) is 8.85. The summed E-state index contributed by atoms with van der Waals surface area (Å²) in [5, 5.41) is 0. The van der Waals surface area contributed by atoms with Gasteiger partial charge in [-0.1, -0.05) is 31.2 Å². The molecular formula is C23H31N3O2. The highest BCUT2D eigenvalue weighted by molar-refractivity contribution is 5.60. The van der Waals surface area contributed by atoms with E-state index in [9.17, 15) is 0 Å². The van der Waals surface area contributed by atoms with Gasteiger partial charge in [0.2, 0.25) is 5.89 Å². The summed E-state index contributed by atoms with van der Waals surface area (Å²) in [6, 6.07) is 8.98. The Hall–Kier alpha value is -1.69. The Morgan fingerprint density at radius 1 is 1.18 bits per heavy atom. The number of rotatable bonds is 4. The number of aryl methyl sites for hydroxylation is 1. The van der Waals surface area contributed by atoms with Crippen LogP contribution in [0.1, 0.15) is 31.2 Å². The van der Waals surface area contributed by atoms with Crippen LogP contribution < -0.4 is 0 Å². The van der Waals surface area contributed by atoms with Crippen LogP contribution in [0.4, 0.5) is 0 Å². The minimum Gasteiger partial charge on any atom is -0.439 e. The number of aromatic nitrogens is 1. The van der Waals surface area contributed by atoms with Crippen molar-refractivity contribution < 1.29 is 9.15 Å². The number of piperidine rings is 1. The molecule has 4 heterocycles. The molecule has 150 valence electrons. The molecule has 0 unspecified atom stereocenters. The standard InChI is InChI=1S/C23H31N3O2/c1-3-26-16-23(19-14-27-15-20(19)26)8-10-25(11-9-23)13-22-24-12-21(28-22)18-7-5-4-6-17(18)2/h4-7,12,19-20H,3,8-11,13-16H2,1-2H3/t19-,20+/m0/s1. The number of likely N-dealkylation sites (N-methyl/N-ethyl adjacent to an activating group) is 1. The zero-order valence-electron chi connectivity index (χ0n) is 17.1. The van der Waals surface area contributed by atoms with E-state index in [1.165, 1.54) is 24.9 Å². The van der Waals surface area contributed by atoms with Crippen molar-refractivity contribution in [3.63, 3.8) is 0 Å². The van der Waals surface area contributed by atoms with Crippen LogP contribution in [0.2, 0.25) is 0 Å². The Morgan fingerprint density at radius 3 is 2.79 bits per heavy atom. The van der Waals surface area contributed by atoms with Crippen molar-refractivity contribution in [2.24, 2.45) is 11.3 Å². The summed E-state index contributed by atoms with van der Waals surface area (Å²) in [7, 11) is 0. The lowest BCUT2D eigenvalue weighted by Gasteiger charge is -2.42. The second-order valence-electron chi connectivity index (χ2n) is 8.85. The van der Waals surface area contributed by atoms with Crippen LogP contribution in [0.5, 0.6) is 0 Å². The molecule has 0 aliphatic carbocycles. The van der Waals surface area contributed by atoms with Gasteiger partial charge < -0.3 is 9.15 Å². The average molecular weight is 382 g/mol. The van der Waals surface area contributed by atoms with Gasteiger partial charge in [0.25, 0.3) is 0 Å². The maximum Gasteiger partial charge on any atom is 0.209 e. The van der Waals surface area contributed by atoms with E-state index in [1.54, 1.807) is 0 Å². The van der Waals surface area contributed by atoms with Crippen LogP contribution in [-0.2, 0) is 11.3 Å². The van der Waals surface area contributed by atoms with Gasteiger partial charge in [-0.25, -0.2) is 4.98 Å². The van der Waals surface area contributed by atoms with Crippen molar-refractivity contribution in [3.05, 3.63) is 41.9 Å². The van der Waals surface area contributed by atoms with Gasteiger partial charge in [-0.05, 0) is 50.4 Å². The molecule has 1 spiro atoms. The van der Waals surface area contributed by atoms with Gasteiger partial charge in [-0.15, -0.1) is 0 Å². The lowest BCUT2D eigenvalue weighted by Crippen LogP contribution is -2.44. The molecule has 0 saturated carbocycles. The monoisotopic (exact) mass is 381 g/mol. The lowest BCUT2D eigenvalue weighted by atomic mass is 9.70. The first-order valence-electron chi connectivity index (χ1n) is 10.7. The largest absolute Gasteiger partial charge is 0.439 e. The first-order chi connectivity index (χ1) is 13.7. The van der Waals surface area contributed by atoms with E-state index in [0.29, 0.717) is 11.5 Å². The van der Waals surface area contributed by atoms with Crippen LogP contribution in [0.25, 0.3) is 11.3 Å². The van der Waals surface area contributed by atoms with Crippen molar-refractivity contribution in [3.8, 4) is 11.3 Å². The predicted octanol–water partition coefficient (Wildman–Crippen LogP) is 3.58. The highest BCUT2D eigenvalue weighted by Gasteiger charge is 2.54. The highest BCUT2D eigenvalue weighted by atomic mass is 16.5. The van der Waals surface area contributed by atoms with Crippen LogP contribution in [0.15, 0.2) is 34.9 Å². The summed E-state index contributed by atoms with van der Waals surface area (Å²) in [4.78, 5) is 9.73. The smallest absolute Gasteiger partial charge is 0.209 e. The van der Waals surface area contributed by atoms with Crippen LogP contribution in [0.3, 0.4) is 0 Å². The maximum absolute atomic E-state index is 6.09. The Labute approximate surface area is 167 Å². The summed E-state index contributed by atoms with van der Waals surface area (Å²) in [6.07, 6.45) is 4.40. The minimum absolute atomic E-state index is 0.455. The topological polar surface area (TPSA) is 41.7 Å². The number of ether oxygens (including phenoxy) is 1. The third-order valence-corrected chi connectivity index (χ3v) is 7.41. The number of likely N-dealkylation sites (tertiary alicyclic amines) is 2. The molecular weight excluding hydrogens is 350 g/mol. The Balaban J connectivity index is 1.23. The summed E-state index contributed by atoms with van der Waals surface area (Å²) >= 11 is 0. The molecule has 2 atom stereocenters. The van der Waals surface area contributed by atoms with Gasteiger partial charge in [0.15, 0.2) is 5.76 Å². The van der Waals surface area contributed by atoms with Gasteiger partial charge in [0.05, 0.1) is 26.0 Å². The van der Waals surface area contributed by atoms with Crippen molar-refractivity contribution in [2.75, 3.05) is 39.4 Å². The molecule has 28 heavy (non-hydrogen) atoms. The Morgan fingerprint density at radius 2 is 2.00 bits per heavy atom. The minimum atomic E-state index is 0.455.